The highest BCUT2D eigenvalue weighted by molar-refractivity contribution is 7.02. The van der Waals surface area contributed by atoms with Gasteiger partial charge in [0.15, 0.2) is 29.1 Å². The van der Waals surface area contributed by atoms with Gasteiger partial charge in [0.05, 0.1) is 28.2 Å². The molecule has 18 heteroatoms. The SMILES string of the molecule is C[Si]1(C)c2ccccc2N(c2ccc3c(c2)-c2ccccc2OB3c2c(F)cc(F)cc2F)c2ccccc21.Cc1ccc2c(c1)C(C)(C)c1cc(C)ccc1N2c1ccc2c(c1)-c1ccccc1OB2c1c(F)c(F)c(F)c(F)c1F.Cc1ccc2c(c1)C(c1ccccc1)(c1ccccc1)c1cc(C)ccc1N2c1ccc2c(c1)-c1ccccc1OB2c1c(-c2ccccc2)cc(-c2ccccc2)cc1-c1ccccc1. The van der Waals surface area contributed by atoms with Crippen molar-refractivity contribution in [1.82, 2.24) is 0 Å². The molecule has 6 aliphatic rings. The molecular formula is C130H94B3F8N3O3Si. The first-order valence-corrected chi connectivity index (χ1v) is 52.7. The summed E-state index contributed by atoms with van der Waals surface area (Å²) in [6.45, 7) is 14.7. The fourth-order valence-corrected chi connectivity index (χ4v) is 26.3. The monoisotopic (exact) mass is 1960 g/mol. The number of fused-ring (bicyclic) bond motifs is 15. The normalized spacial score (nSPS) is 13.9. The minimum absolute atomic E-state index is 0.271. The van der Waals surface area contributed by atoms with Crippen LogP contribution in [0.2, 0.25) is 13.1 Å². The van der Waals surface area contributed by atoms with Crippen molar-refractivity contribution in [2.75, 3.05) is 14.7 Å². The van der Waals surface area contributed by atoms with Crippen molar-refractivity contribution >= 4 is 123 Å². The van der Waals surface area contributed by atoms with Gasteiger partial charge in [0.25, 0.3) is 0 Å². The van der Waals surface area contributed by atoms with Crippen molar-refractivity contribution in [2.24, 2.45) is 0 Å². The first kappa shape index (κ1) is 93.4. The quantitative estimate of drug-likeness (QED) is 0.0556. The summed E-state index contributed by atoms with van der Waals surface area (Å²) < 4.78 is 136. The Morgan fingerprint density at radius 2 is 0.547 bits per heavy atom. The second kappa shape index (κ2) is 37.0. The average molecular weight is 1960 g/mol. The van der Waals surface area contributed by atoms with Crippen LogP contribution >= 0.6 is 0 Å². The van der Waals surface area contributed by atoms with E-state index in [-0.39, 0.29) is 22.1 Å². The molecule has 0 unspecified atom stereocenters. The maximum atomic E-state index is 15.1. The number of halogens is 8. The van der Waals surface area contributed by atoms with E-state index in [0.717, 1.165) is 135 Å². The number of hydrogen-bond acceptors (Lipinski definition) is 6. The molecule has 0 amide bonds. The van der Waals surface area contributed by atoms with Crippen molar-refractivity contribution < 1.29 is 49.1 Å². The first-order valence-electron chi connectivity index (χ1n) is 49.7. The van der Waals surface area contributed by atoms with E-state index in [1.165, 1.54) is 54.9 Å². The van der Waals surface area contributed by atoms with Crippen molar-refractivity contribution in [1.29, 1.82) is 0 Å². The lowest BCUT2D eigenvalue weighted by atomic mass is 9.49. The molecule has 26 rings (SSSR count). The molecule has 0 aromatic heterocycles. The van der Waals surface area contributed by atoms with Crippen molar-refractivity contribution in [3.8, 4) is 84.0 Å². The van der Waals surface area contributed by atoms with E-state index in [0.29, 0.717) is 34.5 Å². The fourth-order valence-electron chi connectivity index (χ4n) is 23.3. The Bertz CT molecular complexity index is 8430. The number of anilines is 9. The summed E-state index contributed by atoms with van der Waals surface area (Å²) in [6.07, 6.45) is 0. The van der Waals surface area contributed by atoms with Gasteiger partial charge < -0.3 is 28.7 Å². The van der Waals surface area contributed by atoms with Gasteiger partial charge in [0.1, 0.15) is 42.8 Å². The minimum Gasteiger partial charge on any atom is -0.551 e. The van der Waals surface area contributed by atoms with Crippen LogP contribution in [0.3, 0.4) is 0 Å². The molecular weight excluding hydrogens is 1860 g/mol. The van der Waals surface area contributed by atoms with Crippen LogP contribution in [0.4, 0.5) is 86.3 Å². The third-order valence-corrected chi connectivity index (χ3v) is 33.8. The van der Waals surface area contributed by atoms with E-state index in [1.54, 1.807) is 42.5 Å². The molecule has 716 valence electrons. The summed E-state index contributed by atoms with van der Waals surface area (Å²) in [7, 11) is -1.94. The number of nitrogens with zero attached hydrogens (tertiary/aromatic N) is 3. The summed E-state index contributed by atoms with van der Waals surface area (Å²) in [5.74, 6) is -11.3. The van der Waals surface area contributed by atoms with Crippen LogP contribution in [-0.4, -0.2) is 28.8 Å². The first-order chi connectivity index (χ1) is 71.9. The molecule has 0 aliphatic carbocycles. The predicted molar refractivity (Wildman–Crippen MR) is 592 cm³/mol. The molecule has 6 nitrogen and oxygen atoms in total. The van der Waals surface area contributed by atoms with Crippen molar-refractivity contribution in [3.05, 3.63) is 527 Å². The lowest BCUT2D eigenvalue weighted by Gasteiger charge is -2.47. The average Bonchev–Trinajstić information content (AvgIpc) is 0.690. The van der Waals surface area contributed by atoms with Gasteiger partial charge in [-0.2, -0.15) is 0 Å². The third-order valence-electron chi connectivity index (χ3n) is 30.3. The molecule has 0 atom stereocenters. The van der Waals surface area contributed by atoms with Gasteiger partial charge in [-0.05, 0) is 246 Å². The van der Waals surface area contributed by atoms with Crippen molar-refractivity contribution in [3.63, 3.8) is 0 Å². The van der Waals surface area contributed by atoms with Gasteiger partial charge >= 0.3 is 20.7 Å². The Morgan fingerprint density at radius 1 is 0.243 bits per heavy atom. The van der Waals surface area contributed by atoms with E-state index < -0.39 is 86.2 Å². The summed E-state index contributed by atoms with van der Waals surface area (Å²) >= 11 is 0. The molecule has 6 aliphatic heterocycles. The highest BCUT2D eigenvalue weighted by Gasteiger charge is 2.50. The van der Waals surface area contributed by atoms with Gasteiger partial charge in [-0.25, -0.2) is 35.1 Å². The fraction of sp³-hybridized carbons (Fsp3) is 0.0769. The van der Waals surface area contributed by atoms with Gasteiger partial charge in [-0.15, -0.1) is 0 Å². The summed E-state index contributed by atoms with van der Waals surface area (Å²) in [5.41, 5.74) is 34.5. The standard InChI is InChI=1S/C63H46BNO.C35H25BF5NO.C32H23BF3NOSi/c1-43-32-36-59-56(38-43)63(49-26-14-6-15-27-49,50-28-16-7-17-29-50)57-39-44(2)33-37-60(57)65(59)51-34-35-58-55(42-51)52-30-18-19-31-61(52)66-64(58)62-53(46-22-10-4-11-23-46)40-48(45-20-8-3-9-21-45)41-54(62)47-24-12-5-13-25-47;1-18-9-13-26-23(15-18)35(3,4)24-16-19(2)10-14-27(24)42(26)20-11-12-25-22(17-20)21-7-5-6-8-28(21)43-36(25)29-30(37)32(39)34(41)33(40)31(29)38;1-39(2)30-13-7-4-10-27(30)37(28-11-5-8-14-31(28)39)21-15-16-24-23(19-21)22-9-3-6-12-29(22)38-33(24)32-25(35)17-20(34)18-26(32)36/h3-42H,1-2H3;5-17H,1-4H3;3-19H,1-2H3. The summed E-state index contributed by atoms with van der Waals surface area (Å²) in [6, 6.07) is 146. The van der Waals surface area contributed by atoms with Crippen LogP contribution in [0.1, 0.15) is 69.5 Å². The molecule has 0 saturated heterocycles. The lowest BCUT2D eigenvalue weighted by Crippen LogP contribution is -2.58. The van der Waals surface area contributed by atoms with Crippen LogP contribution in [0.15, 0.2) is 425 Å². The molecule has 0 spiro atoms. The summed E-state index contributed by atoms with van der Waals surface area (Å²) in [4.78, 5) is 6.93. The maximum absolute atomic E-state index is 15.1. The van der Waals surface area contributed by atoms with Crippen molar-refractivity contribution in [2.45, 2.75) is 65.5 Å². The van der Waals surface area contributed by atoms with Gasteiger partial charge in [-0.3, -0.25) is 0 Å². The molecule has 0 bridgehead atoms. The second-order valence-corrected chi connectivity index (χ2v) is 44.3. The van der Waals surface area contributed by atoms with E-state index >= 15 is 8.78 Å². The van der Waals surface area contributed by atoms with Crippen LogP contribution < -0.4 is 71.8 Å². The number of hydrogen-bond donors (Lipinski definition) is 0. The van der Waals surface area contributed by atoms with E-state index in [2.05, 4.69) is 403 Å². The maximum Gasteiger partial charge on any atom is 0.433 e. The minimum atomic E-state index is -2.21. The lowest BCUT2D eigenvalue weighted by molar-refractivity contribution is 0.382. The Hall–Kier alpha value is -16.9. The zero-order chi connectivity index (χ0) is 101. The highest BCUT2D eigenvalue weighted by Crippen LogP contribution is 2.60. The molecule has 0 fully saturated rings. The van der Waals surface area contributed by atoms with Crippen LogP contribution in [0.25, 0.3) is 66.8 Å². The Kier molecular flexibility index (Phi) is 23.3. The molecule has 0 saturated carbocycles. The molecule has 6 heterocycles. The van der Waals surface area contributed by atoms with Crippen LogP contribution in [0.5, 0.6) is 17.2 Å². The zero-order valence-electron chi connectivity index (χ0n) is 82.2. The number of para-hydroxylation sites is 5. The number of rotatable bonds is 11. The Balaban J connectivity index is 0.000000124. The van der Waals surface area contributed by atoms with Gasteiger partial charge in [-0.1, -0.05) is 359 Å². The Labute approximate surface area is 857 Å². The number of aryl methyl sites for hydroxylation is 4. The van der Waals surface area contributed by atoms with E-state index in [4.69, 9.17) is 14.0 Å². The van der Waals surface area contributed by atoms with Crippen LogP contribution in [0, 0.1) is 74.2 Å². The Morgan fingerprint density at radius 3 is 0.932 bits per heavy atom. The summed E-state index contributed by atoms with van der Waals surface area (Å²) in [5, 5.41) is 2.69. The van der Waals surface area contributed by atoms with Gasteiger partial charge in [0.2, 0.25) is 0 Å². The molecule has 20 aromatic carbocycles. The second-order valence-electron chi connectivity index (χ2n) is 40.0. The third kappa shape index (κ3) is 15.5. The largest absolute Gasteiger partial charge is 0.551 e. The van der Waals surface area contributed by atoms with Gasteiger partial charge in [0, 0.05) is 73.6 Å². The highest BCUT2D eigenvalue weighted by atomic mass is 28.3. The predicted octanol–water partition coefficient (Wildman–Crippen LogP) is 28.8. The topological polar surface area (TPSA) is 37.4 Å². The molecule has 148 heavy (non-hydrogen) atoms. The molecule has 0 N–H and O–H groups in total. The molecule has 0 radical (unpaired) electrons. The van der Waals surface area contributed by atoms with Crippen LogP contribution in [-0.2, 0) is 10.8 Å². The molecule has 20 aromatic rings. The smallest absolute Gasteiger partial charge is 0.433 e. The van der Waals surface area contributed by atoms with E-state index in [1.807, 2.05) is 36.4 Å². The van der Waals surface area contributed by atoms with E-state index in [9.17, 15) is 26.3 Å². The zero-order valence-corrected chi connectivity index (χ0v) is 83.2. The number of benzene rings is 20.